The lowest BCUT2D eigenvalue weighted by Gasteiger charge is -2.02. The van der Waals surface area contributed by atoms with Crippen molar-refractivity contribution in [3.8, 4) is 5.75 Å². The van der Waals surface area contributed by atoms with Crippen molar-refractivity contribution in [3.63, 3.8) is 0 Å². The number of hydrogen-bond acceptors (Lipinski definition) is 7. The Kier molecular flexibility index (Phi) is 6.12. The summed E-state index contributed by atoms with van der Waals surface area (Å²) in [4.78, 5) is 16.5. The first-order chi connectivity index (χ1) is 11.1. The van der Waals surface area contributed by atoms with Crippen LogP contribution in [0.4, 0.5) is 5.13 Å². The van der Waals surface area contributed by atoms with Crippen LogP contribution < -0.4 is 10.2 Å². The van der Waals surface area contributed by atoms with Crippen LogP contribution in [0.25, 0.3) is 0 Å². The summed E-state index contributed by atoms with van der Waals surface area (Å²) in [6, 6.07) is 5.62. The van der Waals surface area contributed by atoms with E-state index in [9.17, 15) is 4.79 Å². The summed E-state index contributed by atoms with van der Waals surface area (Å²) >= 11 is 4.64. The van der Waals surface area contributed by atoms with Crippen molar-refractivity contribution in [1.82, 2.24) is 4.98 Å². The highest BCUT2D eigenvalue weighted by atomic mass is 79.9. The van der Waals surface area contributed by atoms with Crippen molar-refractivity contribution in [2.24, 2.45) is 5.10 Å². The fourth-order valence-corrected chi connectivity index (χ4v) is 3.30. The SMILES string of the molecule is CCc1nc(N/N=C\c2ccc(OC)c(Br)c2)sc1C(=O)OC. The average molecular weight is 398 g/mol. The van der Waals surface area contributed by atoms with Crippen LogP contribution in [-0.4, -0.2) is 31.4 Å². The zero-order valence-electron chi connectivity index (χ0n) is 12.9. The normalized spacial score (nSPS) is 10.8. The molecular weight excluding hydrogens is 382 g/mol. The highest BCUT2D eigenvalue weighted by Gasteiger charge is 2.17. The van der Waals surface area contributed by atoms with Crippen molar-refractivity contribution < 1.29 is 14.3 Å². The zero-order chi connectivity index (χ0) is 16.8. The Hall–Kier alpha value is -1.93. The summed E-state index contributed by atoms with van der Waals surface area (Å²) in [7, 11) is 2.97. The number of carbonyl (C=O) groups excluding carboxylic acids is 1. The largest absolute Gasteiger partial charge is 0.496 e. The molecule has 0 aliphatic carbocycles. The molecule has 0 fully saturated rings. The molecule has 0 radical (unpaired) electrons. The number of hydrogen-bond donors (Lipinski definition) is 1. The number of nitrogens with one attached hydrogen (secondary N) is 1. The molecule has 0 saturated carbocycles. The van der Waals surface area contributed by atoms with Gasteiger partial charge in [0.05, 0.1) is 30.6 Å². The summed E-state index contributed by atoms with van der Waals surface area (Å²) < 4.78 is 10.8. The molecule has 0 aliphatic heterocycles. The van der Waals surface area contributed by atoms with Crippen LogP contribution in [0.3, 0.4) is 0 Å². The van der Waals surface area contributed by atoms with Gasteiger partial charge in [0.2, 0.25) is 5.13 Å². The number of methoxy groups -OCH3 is 2. The van der Waals surface area contributed by atoms with E-state index in [1.54, 1.807) is 13.3 Å². The lowest BCUT2D eigenvalue weighted by atomic mass is 10.2. The number of nitrogens with zero attached hydrogens (tertiary/aromatic N) is 2. The predicted molar refractivity (Wildman–Crippen MR) is 94.7 cm³/mol. The molecular formula is C15H16BrN3O3S. The Balaban J connectivity index is 2.10. The standard InChI is InChI=1S/C15H16BrN3O3S/c1-4-11-13(14(20)22-3)23-15(18-11)19-17-8-9-5-6-12(21-2)10(16)7-9/h5-8H,4H2,1-3H3,(H,18,19)/b17-8-. The quantitative estimate of drug-likeness (QED) is 0.456. The molecule has 0 atom stereocenters. The maximum Gasteiger partial charge on any atom is 0.350 e. The van der Waals surface area contributed by atoms with E-state index < -0.39 is 0 Å². The van der Waals surface area contributed by atoms with E-state index >= 15 is 0 Å². The van der Waals surface area contributed by atoms with E-state index in [0.29, 0.717) is 22.1 Å². The number of halogens is 1. The molecule has 8 heteroatoms. The van der Waals surface area contributed by atoms with Crippen LogP contribution in [0.5, 0.6) is 5.75 Å². The number of ether oxygens (including phenoxy) is 2. The smallest absolute Gasteiger partial charge is 0.350 e. The van der Waals surface area contributed by atoms with Gasteiger partial charge in [0.1, 0.15) is 10.6 Å². The first-order valence-electron chi connectivity index (χ1n) is 6.79. The van der Waals surface area contributed by atoms with E-state index in [1.165, 1.54) is 18.4 Å². The third kappa shape index (κ3) is 4.29. The molecule has 2 aromatic rings. The number of aromatic nitrogens is 1. The van der Waals surface area contributed by atoms with Crippen LogP contribution in [0.1, 0.15) is 27.9 Å². The number of anilines is 1. The van der Waals surface area contributed by atoms with Crippen LogP contribution >= 0.6 is 27.3 Å². The Morgan fingerprint density at radius 3 is 2.87 bits per heavy atom. The zero-order valence-corrected chi connectivity index (χ0v) is 15.3. The highest BCUT2D eigenvalue weighted by molar-refractivity contribution is 9.10. The molecule has 1 N–H and O–H groups in total. The second-order valence-electron chi connectivity index (χ2n) is 4.40. The lowest BCUT2D eigenvalue weighted by molar-refractivity contribution is 0.0605. The Morgan fingerprint density at radius 2 is 2.26 bits per heavy atom. The Bertz CT molecular complexity index is 731. The van der Waals surface area contributed by atoms with Gasteiger partial charge in [0.25, 0.3) is 0 Å². The molecule has 1 aromatic heterocycles. The molecule has 0 amide bonds. The number of carbonyl (C=O) groups is 1. The monoisotopic (exact) mass is 397 g/mol. The average Bonchev–Trinajstić information content (AvgIpc) is 2.97. The van der Waals surface area contributed by atoms with Gasteiger partial charge in [0, 0.05) is 0 Å². The summed E-state index contributed by atoms with van der Waals surface area (Å²) in [5.74, 6) is 0.376. The summed E-state index contributed by atoms with van der Waals surface area (Å²) in [5.41, 5.74) is 4.43. The molecule has 0 bridgehead atoms. The van der Waals surface area contributed by atoms with Crippen molar-refractivity contribution in [2.75, 3.05) is 19.6 Å². The van der Waals surface area contributed by atoms with Gasteiger partial charge in [-0.05, 0) is 46.1 Å². The van der Waals surface area contributed by atoms with Gasteiger partial charge in [-0.15, -0.1) is 0 Å². The number of hydrazone groups is 1. The van der Waals surface area contributed by atoms with Gasteiger partial charge in [-0.1, -0.05) is 18.3 Å². The first-order valence-corrected chi connectivity index (χ1v) is 8.40. The fourth-order valence-electron chi connectivity index (χ4n) is 1.82. The van der Waals surface area contributed by atoms with Gasteiger partial charge in [-0.25, -0.2) is 9.78 Å². The van der Waals surface area contributed by atoms with Crippen LogP contribution in [0, 0.1) is 0 Å². The molecule has 1 heterocycles. The topological polar surface area (TPSA) is 72.8 Å². The van der Waals surface area contributed by atoms with E-state index in [1.807, 2.05) is 25.1 Å². The van der Waals surface area contributed by atoms with Gasteiger partial charge in [0.15, 0.2) is 0 Å². The molecule has 0 aliphatic rings. The van der Waals surface area contributed by atoms with E-state index in [4.69, 9.17) is 9.47 Å². The maximum atomic E-state index is 11.7. The van der Waals surface area contributed by atoms with Crippen LogP contribution in [-0.2, 0) is 11.2 Å². The number of benzene rings is 1. The molecule has 6 nitrogen and oxygen atoms in total. The van der Waals surface area contributed by atoms with Crippen LogP contribution in [0.2, 0.25) is 0 Å². The lowest BCUT2D eigenvalue weighted by Crippen LogP contribution is -2.01. The minimum absolute atomic E-state index is 0.379. The van der Waals surface area contributed by atoms with E-state index in [0.717, 1.165) is 15.8 Å². The number of aryl methyl sites for hydroxylation is 1. The molecule has 0 saturated heterocycles. The van der Waals surface area contributed by atoms with Gasteiger partial charge < -0.3 is 9.47 Å². The van der Waals surface area contributed by atoms with Crippen molar-refractivity contribution in [3.05, 3.63) is 38.8 Å². The predicted octanol–water partition coefficient (Wildman–Crippen LogP) is 3.71. The second-order valence-corrected chi connectivity index (χ2v) is 6.26. The molecule has 23 heavy (non-hydrogen) atoms. The Labute approximate surface area is 146 Å². The summed E-state index contributed by atoms with van der Waals surface area (Å²) in [6.45, 7) is 1.93. The third-order valence-corrected chi connectivity index (χ3v) is 4.55. The van der Waals surface area contributed by atoms with Crippen molar-refractivity contribution in [1.29, 1.82) is 0 Å². The summed E-state index contributed by atoms with van der Waals surface area (Å²) in [5, 5.41) is 4.69. The third-order valence-electron chi connectivity index (χ3n) is 2.95. The Morgan fingerprint density at radius 1 is 1.48 bits per heavy atom. The first kappa shape index (κ1) is 17.4. The molecule has 1 aromatic carbocycles. The molecule has 0 spiro atoms. The number of thiazole rings is 1. The van der Waals surface area contributed by atoms with Crippen molar-refractivity contribution in [2.45, 2.75) is 13.3 Å². The fraction of sp³-hybridized carbons (Fsp3) is 0.267. The minimum atomic E-state index is -0.379. The highest BCUT2D eigenvalue weighted by Crippen LogP contribution is 2.26. The van der Waals surface area contributed by atoms with Crippen molar-refractivity contribution >= 4 is 44.6 Å². The molecule has 2 rings (SSSR count). The summed E-state index contributed by atoms with van der Waals surface area (Å²) in [6.07, 6.45) is 2.31. The maximum absolute atomic E-state index is 11.7. The molecule has 122 valence electrons. The van der Waals surface area contributed by atoms with E-state index in [-0.39, 0.29) is 5.97 Å². The molecule has 0 unspecified atom stereocenters. The van der Waals surface area contributed by atoms with Gasteiger partial charge in [-0.3, -0.25) is 5.43 Å². The number of rotatable bonds is 6. The number of esters is 1. The van der Waals surface area contributed by atoms with Gasteiger partial charge in [-0.2, -0.15) is 5.10 Å². The van der Waals surface area contributed by atoms with Gasteiger partial charge >= 0.3 is 5.97 Å². The van der Waals surface area contributed by atoms with E-state index in [2.05, 4.69) is 31.4 Å². The second kappa shape index (κ2) is 8.07. The van der Waals surface area contributed by atoms with Crippen LogP contribution in [0.15, 0.2) is 27.8 Å². The minimum Gasteiger partial charge on any atom is -0.496 e.